The smallest absolute Gasteiger partial charge is 0.374 e. The van der Waals surface area contributed by atoms with E-state index in [-0.39, 0.29) is 11.7 Å². The van der Waals surface area contributed by atoms with Gasteiger partial charge in [-0.25, -0.2) is 4.79 Å². The topological polar surface area (TPSA) is 88.3 Å². The van der Waals surface area contributed by atoms with E-state index in [2.05, 4.69) is 10.2 Å². The summed E-state index contributed by atoms with van der Waals surface area (Å²) in [5, 5.41) is 16.1. The van der Waals surface area contributed by atoms with E-state index in [4.69, 9.17) is 5.11 Å². The number of aromatic carboxylic acids is 1. The minimum absolute atomic E-state index is 0.0406. The first-order valence-electron chi connectivity index (χ1n) is 4.50. The molecule has 0 unspecified atom stereocenters. The number of carbonyl (C=O) groups excluding carboxylic acids is 1. The van der Waals surface area contributed by atoms with Gasteiger partial charge in [-0.2, -0.15) is 0 Å². The Morgan fingerprint density at radius 1 is 1.33 bits per heavy atom. The molecule has 1 N–H and O–H groups in total. The third kappa shape index (κ3) is 1.56. The molecule has 7 heteroatoms. The van der Waals surface area contributed by atoms with E-state index in [0.29, 0.717) is 25.5 Å². The van der Waals surface area contributed by atoms with Gasteiger partial charge in [0.1, 0.15) is 0 Å². The molecule has 0 spiro atoms. The van der Waals surface area contributed by atoms with Crippen molar-refractivity contribution in [3.8, 4) is 0 Å². The number of hydrogen-bond donors (Lipinski definition) is 1. The lowest BCUT2D eigenvalue weighted by atomic mass is 10.3. The molecule has 1 aliphatic rings. The first-order valence-corrected chi connectivity index (χ1v) is 4.50. The average Bonchev–Trinajstić information content (AvgIpc) is 2.59. The Kier molecular flexibility index (Phi) is 2.14. The maximum atomic E-state index is 11.1. The Labute approximate surface area is 85.3 Å². The van der Waals surface area contributed by atoms with Crippen molar-refractivity contribution in [2.75, 3.05) is 6.54 Å². The van der Waals surface area contributed by atoms with Crippen molar-refractivity contribution in [1.82, 2.24) is 19.7 Å². The van der Waals surface area contributed by atoms with Crippen molar-refractivity contribution in [3.63, 3.8) is 0 Å². The Morgan fingerprint density at radius 3 is 2.67 bits per heavy atom. The standard InChI is InChI=1S/C8H10N4O3/c1-5(13)11-2-3-12-6(4-11)9-10-7(12)8(14)15/h2-4H2,1H3,(H,14,15). The fourth-order valence-corrected chi connectivity index (χ4v) is 1.58. The predicted molar refractivity (Wildman–Crippen MR) is 48.1 cm³/mol. The normalized spacial score (nSPS) is 14.9. The molecule has 15 heavy (non-hydrogen) atoms. The Morgan fingerprint density at radius 2 is 2.07 bits per heavy atom. The minimum atomic E-state index is -1.09. The Bertz CT molecular complexity index is 426. The molecule has 2 rings (SSSR count). The van der Waals surface area contributed by atoms with Crippen LogP contribution in [-0.2, 0) is 17.9 Å². The van der Waals surface area contributed by atoms with Crippen molar-refractivity contribution in [1.29, 1.82) is 0 Å². The van der Waals surface area contributed by atoms with Gasteiger partial charge >= 0.3 is 5.97 Å². The van der Waals surface area contributed by atoms with Crippen LogP contribution in [-0.4, -0.2) is 43.2 Å². The summed E-state index contributed by atoms with van der Waals surface area (Å²) in [5.74, 6) is -0.673. The number of hydrogen-bond acceptors (Lipinski definition) is 4. The summed E-state index contributed by atoms with van der Waals surface area (Å²) in [6, 6.07) is 0. The van der Waals surface area contributed by atoms with Crippen LogP contribution in [0.1, 0.15) is 23.4 Å². The lowest BCUT2D eigenvalue weighted by Crippen LogP contribution is -2.37. The van der Waals surface area contributed by atoms with Crippen LogP contribution >= 0.6 is 0 Å². The summed E-state index contributed by atoms with van der Waals surface area (Å²) in [7, 11) is 0. The number of nitrogens with zero attached hydrogens (tertiary/aromatic N) is 4. The van der Waals surface area contributed by atoms with Crippen LogP contribution in [0.5, 0.6) is 0 Å². The largest absolute Gasteiger partial charge is 0.475 e. The first-order chi connectivity index (χ1) is 7.09. The molecule has 1 aliphatic heterocycles. The van der Waals surface area contributed by atoms with Crippen LogP contribution in [0.3, 0.4) is 0 Å². The molecule has 0 aliphatic carbocycles. The van der Waals surface area contributed by atoms with Crippen LogP contribution in [0.4, 0.5) is 0 Å². The van der Waals surface area contributed by atoms with Gasteiger partial charge in [-0.05, 0) is 0 Å². The molecule has 2 heterocycles. The third-order valence-corrected chi connectivity index (χ3v) is 2.39. The Hall–Kier alpha value is -1.92. The van der Waals surface area contributed by atoms with Gasteiger partial charge in [-0.3, -0.25) is 4.79 Å². The van der Waals surface area contributed by atoms with Crippen molar-refractivity contribution in [3.05, 3.63) is 11.6 Å². The molecule has 0 saturated carbocycles. The zero-order valence-electron chi connectivity index (χ0n) is 8.17. The fraction of sp³-hybridized carbons (Fsp3) is 0.500. The molecular weight excluding hydrogens is 200 g/mol. The lowest BCUT2D eigenvalue weighted by molar-refractivity contribution is -0.130. The van der Waals surface area contributed by atoms with Crippen LogP contribution in [0, 0.1) is 0 Å². The number of carbonyl (C=O) groups is 2. The van der Waals surface area contributed by atoms with Gasteiger partial charge in [0.25, 0.3) is 0 Å². The van der Waals surface area contributed by atoms with Crippen LogP contribution < -0.4 is 0 Å². The highest BCUT2D eigenvalue weighted by molar-refractivity contribution is 5.83. The second kappa shape index (κ2) is 3.34. The maximum absolute atomic E-state index is 11.1. The van der Waals surface area contributed by atoms with E-state index in [1.165, 1.54) is 11.5 Å². The molecule has 80 valence electrons. The highest BCUT2D eigenvalue weighted by Gasteiger charge is 2.24. The van der Waals surface area contributed by atoms with E-state index < -0.39 is 5.97 Å². The monoisotopic (exact) mass is 210 g/mol. The summed E-state index contributed by atoms with van der Waals surface area (Å²) in [5.41, 5.74) is 0. The maximum Gasteiger partial charge on any atom is 0.374 e. The second-order valence-electron chi connectivity index (χ2n) is 3.34. The molecule has 1 aromatic heterocycles. The molecule has 1 amide bonds. The van der Waals surface area contributed by atoms with Crippen molar-refractivity contribution in [2.24, 2.45) is 0 Å². The van der Waals surface area contributed by atoms with Crippen molar-refractivity contribution < 1.29 is 14.7 Å². The number of fused-ring (bicyclic) bond motifs is 1. The summed E-state index contributed by atoms with van der Waals surface area (Å²) < 4.78 is 1.53. The third-order valence-electron chi connectivity index (χ3n) is 2.39. The number of carboxylic acids is 1. The predicted octanol–water partition coefficient (Wildman–Crippen LogP) is -0.662. The molecule has 0 radical (unpaired) electrons. The zero-order chi connectivity index (χ0) is 11.0. The number of aromatic nitrogens is 3. The van der Waals surface area contributed by atoms with Gasteiger partial charge in [-0.1, -0.05) is 0 Å². The van der Waals surface area contributed by atoms with E-state index in [9.17, 15) is 9.59 Å². The minimum Gasteiger partial charge on any atom is -0.475 e. The molecule has 0 saturated heterocycles. The number of carboxylic acid groups (broad SMARTS) is 1. The van der Waals surface area contributed by atoms with Crippen LogP contribution in [0.15, 0.2) is 0 Å². The highest BCUT2D eigenvalue weighted by Crippen LogP contribution is 2.12. The van der Waals surface area contributed by atoms with Crippen molar-refractivity contribution >= 4 is 11.9 Å². The number of rotatable bonds is 1. The number of amides is 1. The van der Waals surface area contributed by atoms with Crippen molar-refractivity contribution in [2.45, 2.75) is 20.0 Å². The second-order valence-corrected chi connectivity index (χ2v) is 3.34. The summed E-state index contributed by atoms with van der Waals surface area (Å²) in [4.78, 5) is 23.5. The molecule has 0 aromatic carbocycles. The van der Waals surface area contributed by atoms with E-state index in [1.54, 1.807) is 4.90 Å². The molecule has 0 fully saturated rings. The molecule has 1 aromatic rings. The lowest BCUT2D eigenvalue weighted by Gasteiger charge is -2.26. The van der Waals surface area contributed by atoms with Gasteiger partial charge in [0.2, 0.25) is 11.7 Å². The summed E-state index contributed by atoms with van der Waals surface area (Å²) in [6.07, 6.45) is 0. The molecule has 0 atom stereocenters. The average molecular weight is 210 g/mol. The van der Waals surface area contributed by atoms with E-state index in [1.807, 2.05) is 0 Å². The van der Waals surface area contributed by atoms with Gasteiger partial charge in [0.05, 0.1) is 6.54 Å². The van der Waals surface area contributed by atoms with Gasteiger partial charge < -0.3 is 14.6 Å². The Balaban J connectivity index is 2.30. The van der Waals surface area contributed by atoms with E-state index >= 15 is 0 Å². The SMILES string of the molecule is CC(=O)N1CCn2c(nnc2C(=O)O)C1. The van der Waals surface area contributed by atoms with E-state index in [0.717, 1.165) is 0 Å². The van der Waals surface area contributed by atoms with Gasteiger partial charge in [-0.15, -0.1) is 10.2 Å². The fourth-order valence-electron chi connectivity index (χ4n) is 1.58. The zero-order valence-corrected chi connectivity index (χ0v) is 8.17. The first kappa shape index (κ1) is 9.63. The van der Waals surface area contributed by atoms with Crippen LogP contribution in [0.2, 0.25) is 0 Å². The highest BCUT2D eigenvalue weighted by atomic mass is 16.4. The van der Waals surface area contributed by atoms with Gasteiger partial charge in [0, 0.05) is 20.0 Å². The van der Waals surface area contributed by atoms with Gasteiger partial charge in [0.15, 0.2) is 5.82 Å². The van der Waals surface area contributed by atoms with Crippen LogP contribution in [0.25, 0.3) is 0 Å². The summed E-state index contributed by atoms with van der Waals surface area (Å²) in [6.45, 7) is 2.74. The summed E-state index contributed by atoms with van der Waals surface area (Å²) >= 11 is 0. The molecule has 7 nitrogen and oxygen atoms in total. The quantitative estimate of drug-likeness (QED) is 0.664. The molecular formula is C8H10N4O3. The molecule has 0 bridgehead atoms.